The Morgan fingerprint density at radius 3 is 2.58 bits per heavy atom. The third-order valence-corrected chi connectivity index (χ3v) is 3.06. The Bertz CT molecular complexity index is 800. The van der Waals surface area contributed by atoms with Gasteiger partial charge in [-0.1, -0.05) is 23.7 Å². The van der Waals surface area contributed by atoms with Crippen molar-refractivity contribution in [2.24, 2.45) is 0 Å². The lowest BCUT2D eigenvalue weighted by molar-refractivity contribution is 0.619. The maximum absolute atomic E-state index is 13.2. The highest BCUT2D eigenvalue weighted by Crippen LogP contribution is 2.25. The third kappa shape index (κ3) is 1.94. The molecule has 0 radical (unpaired) electrons. The van der Waals surface area contributed by atoms with Gasteiger partial charge >= 0.3 is 0 Å². The Morgan fingerprint density at radius 1 is 1.16 bits per heavy atom. The van der Waals surface area contributed by atoms with E-state index in [0.717, 1.165) is 5.56 Å². The van der Waals surface area contributed by atoms with Crippen LogP contribution in [0.15, 0.2) is 42.6 Å². The number of pyridine rings is 1. The molecule has 5 heteroatoms. The molecular formula is C14H7ClFN3. The molecule has 0 atom stereocenters. The Labute approximate surface area is 113 Å². The van der Waals surface area contributed by atoms with Crippen molar-refractivity contribution in [3.63, 3.8) is 0 Å². The number of halogens is 2. The normalized spacial score (nSPS) is 10.6. The minimum atomic E-state index is -0.413. The van der Waals surface area contributed by atoms with Gasteiger partial charge in [0.25, 0.3) is 0 Å². The first-order valence-electron chi connectivity index (χ1n) is 5.52. The molecule has 3 aromatic rings. The van der Waals surface area contributed by atoms with Gasteiger partial charge in [0.1, 0.15) is 23.2 Å². The first-order valence-corrected chi connectivity index (χ1v) is 5.90. The number of rotatable bonds is 1. The lowest BCUT2D eigenvalue weighted by Gasteiger charge is -1.98. The third-order valence-electron chi connectivity index (χ3n) is 2.81. The fourth-order valence-electron chi connectivity index (χ4n) is 1.93. The Morgan fingerprint density at radius 2 is 1.89 bits per heavy atom. The highest BCUT2D eigenvalue weighted by atomic mass is 35.5. The zero-order valence-electron chi connectivity index (χ0n) is 9.64. The number of fused-ring (bicyclic) bond motifs is 1. The van der Waals surface area contributed by atoms with Crippen LogP contribution in [0.4, 0.5) is 4.39 Å². The van der Waals surface area contributed by atoms with E-state index in [4.69, 9.17) is 11.6 Å². The first-order chi connectivity index (χ1) is 9.19. The molecule has 0 N–H and O–H groups in total. The van der Waals surface area contributed by atoms with Crippen molar-refractivity contribution in [2.75, 3.05) is 0 Å². The minimum Gasteiger partial charge on any atom is -0.288 e. The van der Waals surface area contributed by atoms with Gasteiger partial charge in [0.2, 0.25) is 0 Å². The summed E-state index contributed by atoms with van der Waals surface area (Å²) < 4.78 is 14.7. The molecule has 19 heavy (non-hydrogen) atoms. The number of imidazole rings is 1. The van der Waals surface area contributed by atoms with Crippen molar-refractivity contribution < 1.29 is 4.39 Å². The smallest absolute Gasteiger partial charge is 0.152 e. The molecule has 0 aliphatic heterocycles. The Balaban J connectivity index is 2.29. The fraction of sp³-hybridized carbons (Fsp3) is 0. The van der Waals surface area contributed by atoms with Crippen LogP contribution in [0, 0.1) is 17.1 Å². The standard InChI is InChI=1S/C14H7ClFN3/c15-10-3-1-9(2-4-10)14-12(7-17)19-8-11(16)5-6-13(19)18-14/h1-6,8H. The number of aromatic nitrogens is 2. The molecular weight excluding hydrogens is 265 g/mol. The quantitative estimate of drug-likeness (QED) is 0.678. The van der Waals surface area contributed by atoms with Crippen LogP contribution < -0.4 is 0 Å². The summed E-state index contributed by atoms with van der Waals surface area (Å²) >= 11 is 5.83. The van der Waals surface area contributed by atoms with Crippen molar-refractivity contribution in [1.82, 2.24) is 9.38 Å². The Hall–Kier alpha value is -2.38. The van der Waals surface area contributed by atoms with Gasteiger partial charge in [0, 0.05) is 16.8 Å². The van der Waals surface area contributed by atoms with Crippen molar-refractivity contribution in [3.05, 3.63) is 59.1 Å². The lowest BCUT2D eigenvalue weighted by atomic mass is 10.1. The lowest BCUT2D eigenvalue weighted by Crippen LogP contribution is -1.90. The van der Waals surface area contributed by atoms with Crippen LogP contribution in [0.25, 0.3) is 16.9 Å². The summed E-state index contributed by atoms with van der Waals surface area (Å²) in [7, 11) is 0. The average Bonchev–Trinajstić information content (AvgIpc) is 2.77. The van der Waals surface area contributed by atoms with E-state index in [-0.39, 0.29) is 0 Å². The Kier molecular flexibility index (Phi) is 2.69. The topological polar surface area (TPSA) is 41.1 Å². The number of benzene rings is 1. The molecule has 0 spiro atoms. The van der Waals surface area contributed by atoms with Gasteiger partial charge < -0.3 is 0 Å². The predicted octanol–water partition coefficient (Wildman–Crippen LogP) is 3.67. The molecule has 0 aliphatic carbocycles. The average molecular weight is 272 g/mol. The zero-order valence-corrected chi connectivity index (χ0v) is 10.4. The molecule has 0 saturated heterocycles. The molecule has 3 nitrogen and oxygen atoms in total. The van der Waals surface area contributed by atoms with Gasteiger partial charge in [-0.05, 0) is 24.3 Å². The van der Waals surface area contributed by atoms with Gasteiger partial charge in [0.05, 0.1) is 0 Å². The van der Waals surface area contributed by atoms with Gasteiger partial charge in [-0.3, -0.25) is 4.40 Å². The van der Waals surface area contributed by atoms with E-state index >= 15 is 0 Å². The number of hydrogen-bond donors (Lipinski definition) is 0. The van der Waals surface area contributed by atoms with E-state index < -0.39 is 5.82 Å². The summed E-state index contributed by atoms with van der Waals surface area (Å²) in [6.07, 6.45) is 1.25. The zero-order chi connectivity index (χ0) is 13.4. The molecule has 2 heterocycles. The maximum atomic E-state index is 13.2. The monoisotopic (exact) mass is 271 g/mol. The van der Waals surface area contributed by atoms with Crippen LogP contribution in [-0.2, 0) is 0 Å². The van der Waals surface area contributed by atoms with Crippen LogP contribution in [0.3, 0.4) is 0 Å². The SMILES string of the molecule is N#Cc1c(-c2ccc(Cl)cc2)nc2ccc(F)cn12. The highest BCUT2D eigenvalue weighted by Gasteiger charge is 2.13. The van der Waals surface area contributed by atoms with Crippen molar-refractivity contribution >= 4 is 17.2 Å². The van der Waals surface area contributed by atoms with Crippen molar-refractivity contribution in [3.8, 4) is 17.3 Å². The van der Waals surface area contributed by atoms with E-state index in [0.29, 0.717) is 22.1 Å². The molecule has 0 bridgehead atoms. The van der Waals surface area contributed by atoms with E-state index in [1.165, 1.54) is 22.7 Å². The molecule has 0 fully saturated rings. The predicted molar refractivity (Wildman–Crippen MR) is 70.3 cm³/mol. The molecule has 0 aliphatic rings. The highest BCUT2D eigenvalue weighted by molar-refractivity contribution is 6.30. The van der Waals surface area contributed by atoms with E-state index in [9.17, 15) is 9.65 Å². The van der Waals surface area contributed by atoms with E-state index in [2.05, 4.69) is 11.1 Å². The van der Waals surface area contributed by atoms with Gasteiger partial charge in [0.15, 0.2) is 5.69 Å². The molecule has 92 valence electrons. The molecule has 2 aromatic heterocycles. The van der Waals surface area contributed by atoms with Crippen LogP contribution in [0.1, 0.15) is 5.69 Å². The molecule has 1 aromatic carbocycles. The summed E-state index contributed by atoms with van der Waals surface area (Å²) in [4.78, 5) is 4.36. The number of nitriles is 1. The molecule has 3 rings (SSSR count). The first kappa shape index (κ1) is 11.7. The van der Waals surface area contributed by atoms with E-state index in [1.807, 2.05) is 0 Å². The second kappa shape index (κ2) is 4.38. The van der Waals surface area contributed by atoms with Crippen LogP contribution in [0.2, 0.25) is 5.02 Å². The molecule has 0 saturated carbocycles. The van der Waals surface area contributed by atoms with Crippen molar-refractivity contribution in [2.45, 2.75) is 0 Å². The van der Waals surface area contributed by atoms with Crippen LogP contribution in [0.5, 0.6) is 0 Å². The largest absolute Gasteiger partial charge is 0.288 e. The maximum Gasteiger partial charge on any atom is 0.152 e. The van der Waals surface area contributed by atoms with Gasteiger partial charge in [-0.2, -0.15) is 5.26 Å². The van der Waals surface area contributed by atoms with E-state index in [1.54, 1.807) is 24.3 Å². The molecule has 0 amide bonds. The second-order valence-electron chi connectivity index (χ2n) is 4.00. The van der Waals surface area contributed by atoms with Crippen LogP contribution >= 0.6 is 11.6 Å². The summed E-state index contributed by atoms with van der Waals surface area (Å²) in [5.74, 6) is -0.413. The van der Waals surface area contributed by atoms with Crippen LogP contribution in [-0.4, -0.2) is 9.38 Å². The van der Waals surface area contributed by atoms with Gasteiger partial charge in [-0.15, -0.1) is 0 Å². The molecule has 0 unspecified atom stereocenters. The summed E-state index contributed by atoms with van der Waals surface area (Å²) in [6, 6.07) is 11.9. The van der Waals surface area contributed by atoms with Gasteiger partial charge in [-0.25, -0.2) is 9.37 Å². The van der Waals surface area contributed by atoms with Crippen molar-refractivity contribution in [1.29, 1.82) is 5.26 Å². The summed E-state index contributed by atoms with van der Waals surface area (Å²) in [5.41, 5.74) is 2.12. The number of nitrogens with zero attached hydrogens (tertiary/aromatic N) is 3. The second-order valence-corrected chi connectivity index (χ2v) is 4.44. The fourth-order valence-corrected chi connectivity index (χ4v) is 2.06. The summed E-state index contributed by atoms with van der Waals surface area (Å²) in [5, 5.41) is 9.86. The summed E-state index contributed by atoms with van der Waals surface area (Å²) in [6.45, 7) is 0. The number of hydrogen-bond acceptors (Lipinski definition) is 2. The minimum absolute atomic E-state index is 0.303.